The molecule has 3 rings (SSSR count). The van der Waals surface area contributed by atoms with Crippen molar-refractivity contribution < 1.29 is 9.18 Å². The van der Waals surface area contributed by atoms with Gasteiger partial charge in [-0.15, -0.1) is 0 Å². The summed E-state index contributed by atoms with van der Waals surface area (Å²) in [4.78, 5) is 12.4. The molecule has 0 radical (unpaired) electrons. The summed E-state index contributed by atoms with van der Waals surface area (Å²) >= 11 is 0. The molecule has 0 atom stereocenters. The van der Waals surface area contributed by atoms with E-state index in [1.807, 2.05) is 24.6 Å². The molecule has 24 heavy (non-hydrogen) atoms. The van der Waals surface area contributed by atoms with Crippen molar-refractivity contribution in [1.29, 1.82) is 0 Å². The van der Waals surface area contributed by atoms with Gasteiger partial charge >= 0.3 is 0 Å². The molecular formula is C18H21FN4O. The van der Waals surface area contributed by atoms with Crippen LogP contribution >= 0.6 is 0 Å². The number of nitrogens with zero attached hydrogens (tertiary/aromatic N) is 3. The number of carbonyl (C=O) groups excluding carboxylic acids is 1. The average molecular weight is 328 g/mol. The Bertz CT molecular complexity index is 894. The molecular weight excluding hydrogens is 307 g/mol. The summed E-state index contributed by atoms with van der Waals surface area (Å²) in [6, 6.07) is 8.48. The van der Waals surface area contributed by atoms with Crippen LogP contribution in [-0.4, -0.2) is 26.8 Å². The molecule has 0 bridgehead atoms. The van der Waals surface area contributed by atoms with E-state index >= 15 is 0 Å². The molecule has 2 heterocycles. The second kappa shape index (κ2) is 6.47. The number of rotatable bonds is 5. The lowest BCUT2D eigenvalue weighted by Gasteiger charge is -2.07. The third kappa shape index (κ3) is 3.04. The SMILES string of the molecule is Cc1cc(C)n(CCCNC(=O)c2cc3c(F)cccc3n2C)n1. The van der Waals surface area contributed by atoms with E-state index in [9.17, 15) is 9.18 Å². The molecule has 1 aromatic carbocycles. The standard InChI is InChI=1S/C18H21FN4O/c1-12-10-13(2)23(21-12)9-5-8-20-18(24)17-11-14-15(19)6-4-7-16(14)22(17)3/h4,6-7,10-11H,5,8-9H2,1-3H3,(H,20,24). The Labute approximate surface area is 140 Å². The second-order valence-electron chi connectivity index (χ2n) is 6.02. The zero-order valence-electron chi connectivity index (χ0n) is 14.1. The highest BCUT2D eigenvalue weighted by molar-refractivity contribution is 5.98. The minimum atomic E-state index is -0.313. The maximum Gasteiger partial charge on any atom is 0.267 e. The number of hydrogen-bond acceptors (Lipinski definition) is 2. The number of halogens is 1. The van der Waals surface area contributed by atoms with E-state index in [1.165, 1.54) is 6.07 Å². The zero-order valence-corrected chi connectivity index (χ0v) is 14.1. The summed E-state index contributed by atoms with van der Waals surface area (Å²) in [6.45, 7) is 5.28. The van der Waals surface area contributed by atoms with Gasteiger partial charge in [-0.05, 0) is 44.5 Å². The zero-order chi connectivity index (χ0) is 17.3. The Morgan fingerprint density at radius 3 is 2.75 bits per heavy atom. The van der Waals surface area contributed by atoms with Gasteiger partial charge < -0.3 is 9.88 Å². The van der Waals surface area contributed by atoms with Crippen LogP contribution in [0.3, 0.4) is 0 Å². The van der Waals surface area contributed by atoms with Crippen LogP contribution in [-0.2, 0) is 13.6 Å². The molecule has 0 saturated heterocycles. The molecule has 3 aromatic rings. The van der Waals surface area contributed by atoms with E-state index in [0.29, 0.717) is 23.1 Å². The van der Waals surface area contributed by atoms with E-state index in [1.54, 1.807) is 29.8 Å². The molecule has 126 valence electrons. The number of benzene rings is 1. The number of hydrogen-bond donors (Lipinski definition) is 1. The number of fused-ring (bicyclic) bond motifs is 1. The summed E-state index contributed by atoms with van der Waals surface area (Å²) in [7, 11) is 1.77. The van der Waals surface area contributed by atoms with Crippen molar-refractivity contribution >= 4 is 16.8 Å². The van der Waals surface area contributed by atoms with Crippen LogP contribution in [0.4, 0.5) is 4.39 Å². The summed E-state index contributed by atoms with van der Waals surface area (Å²) in [5, 5.41) is 7.75. The predicted molar refractivity (Wildman–Crippen MR) is 91.5 cm³/mol. The van der Waals surface area contributed by atoms with Crippen molar-refractivity contribution in [2.75, 3.05) is 6.54 Å². The molecule has 6 heteroatoms. The Morgan fingerprint density at radius 2 is 2.08 bits per heavy atom. The van der Waals surface area contributed by atoms with Crippen molar-refractivity contribution in [1.82, 2.24) is 19.7 Å². The van der Waals surface area contributed by atoms with Gasteiger partial charge in [-0.2, -0.15) is 5.10 Å². The van der Waals surface area contributed by atoms with Gasteiger partial charge in [0.05, 0.1) is 11.2 Å². The van der Waals surface area contributed by atoms with Gasteiger partial charge in [-0.25, -0.2) is 4.39 Å². The normalized spacial score (nSPS) is 11.2. The molecule has 0 aliphatic rings. The molecule has 1 amide bonds. The fourth-order valence-corrected chi connectivity index (χ4v) is 2.96. The van der Waals surface area contributed by atoms with Gasteiger partial charge in [0.25, 0.3) is 5.91 Å². The lowest BCUT2D eigenvalue weighted by Crippen LogP contribution is -2.27. The first-order valence-corrected chi connectivity index (χ1v) is 8.00. The Morgan fingerprint density at radius 1 is 1.29 bits per heavy atom. The van der Waals surface area contributed by atoms with Gasteiger partial charge in [0.15, 0.2) is 0 Å². The highest BCUT2D eigenvalue weighted by Crippen LogP contribution is 2.21. The number of amides is 1. The Balaban J connectivity index is 1.62. The molecule has 1 N–H and O–H groups in total. The van der Waals surface area contributed by atoms with Crippen molar-refractivity contribution in [2.45, 2.75) is 26.8 Å². The lowest BCUT2D eigenvalue weighted by atomic mass is 10.2. The fourth-order valence-electron chi connectivity index (χ4n) is 2.96. The van der Waals surface area contributed by atoms with Gasteiger partial charge in [-0.3, -0.25) is 9.48 Å². The van der Waals surface area contributed by atoms with Gasteiger partial charge in [-0.1, -0.05) is 6.07 Å². The largest absolute Gasteiger partial charge is 0.351 e. The lowest BCUT2D eigenvalue weighted by molar-refractivity contribution is 0.0945. The van der Waals surface area contributed by atoms with Crippen LogP contribution in [0, 0.1) is 19.7 Å². The minimum Gasteiger partial charge on any atom is -0.351 e. The van der Waals surface area contributed by atoms with E-state index in [-0.39, 0.29) is 11.7 Å². The van der Waals surface area contributed by atoms with Crippen LogP contribution in [0.15, 0.2) is 30.3 Å². The first-order chi connectivity index (χ1) is 11.5. The first kappa shape index (κ1) is 16.2. The van der Waals surface area contributed by atoms with Gasteiger partial charge in [0.1, 0.15) is 11.5 Å². The summed E-state index contributed by atoms with van der Waals surface area (Å²) in [5.41, 5.74) is 3.28. The molecule has 0 fully saturated rings. The van der Waals surface area contributed by atoms with Gasteiger partial charge in [0, 0.05) is 31.2 Å². The van der Waals surface area contributed by atoms with Crippen LogP contribution in [0.5, 0.6) is 0 Å². The quantitative estimate of drug-likeness (QED) is 0.732. The third-order valence-corrected chi connectivity index (χ3v) is 4.20. The number of nitrogens with one attached hydrogen (secondary N) is 1. The van der Waals surface area contributed by atoms with Crippen LogP contribution in [0.25, 0.3) is 10.9 Å². The van der Waals surface area contributed by atoms with Crippen molar-refractivity contribution in [3.05, 3.63) is 53.2 Å². The summed E-state index contributed by atoms with van der Waals surface area (Å²) < 4.78 is 17.5. The second-order valence-corrected chi connectivity index (χ2v) is 6.02. The van der Waals surface area contributed by atoms with Crippen LogP contribution in [0.2, 0.25) is 0 Å². The van der Waals surface area contributed by atoms with E-state index in [4.69, 9.17) is 0 Å². The Hall–Kier alpha value is -2.63. The third-order valence-electron chi connectivity index (χ3n) is 4.20. The average Bonchev–Trinajstić information content (AvgIpc) is 3.04. The van der Waals surface area contributed by atoms with E-state index < -0.39 is 0 Å². The van der Waals surface area contributed by atoms with E-state index in [2.05, 4.69) is 10.4 Å². The molecule has 0 saturated carbocycles. The monoisotopic (exact) mass is 328 g/mol. The van der Waals surface area contributed by atoms with E-state index in [0.717, 1.165) is 24.4 Å². The molecule has 5 nitrogen and oxygen atoms in total. The predicted octanol–water partition coefficient (Wildman–Crippen LogP) is 2.95. The molecule has 0 aliphatic carbocycles. The van der Waals surface area contributed by atoms with Crippen molar-refractivity contribution in [3.8, 4) is 0 Å². The topological polar surface area (TPSA) is 51.9 Å². The highest BCUT2D eigenvalue weighted by atomic mass is 19.1. The highest BCUT2D eigenvalue weighted by Gasteiger charge is 2.14. The maximum atomic E-state index is 13.8. The molecule has 0 unspecified atom stereocenters. The molecule has 0 aliphatic heterocycles. The fraction of sp³-hybridized carbons (Fsp3) is 0.333. The minimum absolute atomic E-state index is 0.193. The smallest absolute Gasteiger partial charge is 0.267 e. The maximum absolute atomic E-state index is 13.8. The summed E-state index contributed by atoms with van der Waals surface area (Å²) in [5.74, 6) is -0.506. The first-order valence-electron chi connectivity index (χ1n) is 8.00. The van der Waals surface area contributed by atoms with Crippen LogP contribution in [0.1, 0.15) is 28.3 Å². The van der Waals surface area contributed by atoms with Crippen molar-refractivity contribution in [2.24, 2.45) is 7.05 Å². The van der Waals surface area contributed by atoms with Crippen LogP contribution < -0.4 is 5.32 Å². The number of aryl methyl sites for hydroxylation is 4. The molecule has 2 aromatic heterocycles. The Kier molecular flexibility index (Phi) is 4.38. The van der Waals surface area contributed by atoms with Crippen molar-refractivity contribution in [3.63, 3.8) is 0 Å². The number of carbonyl (C=O) groups is 1. The molecule has 0 spiro atoms. The summed E-state index contributed by atoms with van der Waals surface area (Å²) in [6.07, 6.45) is 0.784. The number of aromatic nitrogens is 3. The van der Waals surface area contributed by atoms with Gasteiger partial charge in [0.2, 0.25) is 0 Å².